The van der Waals surface area contributed by atoms with Gasteiger partial charge in [-0.2, -0.15) is 4.31 Å². The summed E-state index contributed by atoms with van der Waals surface area (Å²) in [6.07, 6.45) is 2.94. The summed E-state index contributed by atoms with van der Waals surface area (Å²) in [5.74, 6) is -2.25. The van der Waals surface area contributed by atoms with Gasteiger partial charge in [0.25, 0.3) is 5.91 Å². The number of aromatic nitrogens is 1. The van der Waals surface area contributed by atoms with Crippen molar-refractivity contribution >= 4 is 21.9 Å². The normalized spacial score (nSPS) is 14.9. The first-order valence-electron chi connectivity index (χ1n) is 10.4. The molecule has 0 unspecified atom stereocenters. The maximum absolute atomic E-state index is 12.8. The molecule has 1 aromatic carbocycles. The molecule has 1 fully saturated rings. The monoisotopic (exact) mass is 477 g/mol. The van der Waals surface area contributed by atoms with E-state index in [0.717, 1.165) is 12.8 Å². The number of nitrogens with zero attached hydrogens (tertiary/aromatic N) is 2. The highest BCUT2D eigenvalue weighted by molar-refractivity contribution is 7.89. The number of pyridine rings is 1. The lowest BCUT2D eigenvalue weighted by Gasteiger charge is -2.19. The molecule has 0 atom stereocenters. The van der Waals surface area contributed by atoms with Crippen molar-refractivity contribution in [3.63, 3.8) is 0 Å². The minimum atomic E-state index is -3.66. The van der Waals surface area contributed by atoms with Crippen LogP contribution in [-0.2, 0) is 21.4 Å². The van der Waals surface area contributed by atoms with Crippen LogP contribution in [0.15, 0.2) is 35.4 Å². The topological polar surface area (TPSA) is 157 Å². The zero-order chi connectivity index (χ0) is 24.4. The first-order chi connectivity index (χ1) is 15.5. The number of carboxylic acid groups (broad SMARTS) is 1. The second kappa shape index (κ2) is 9.46. The number of aromatic hydroxyl groups is 1. The number of aliphatic carboxylic acids is 1. The fraction of sp³-hybridized carbons (Fsp3) is 0.409. The second-order valence-corrected chi connectivity index (χ2v) is 10.5. The molecule has 0 bridgehead atoms. The summed E-state index contributed by atoms with van der Waals surface area (Å²) in [4.78, 5) is 27.6. The van der Waals surface area contributed by atoms with Gasteiger partial charge in [-0.05, 0) is 56.0 Å². The van der Waals surface area contributed by atoms with Crippen LogP contribution in [0.25, 0.3) is 11.1 Å². The van der Waals surface area contributed by atoms with Crippen LogP contribution in [0.3, 0.4) is 0 Å². The molecule has 2 heterocycles. The molecule has 0 radical (unpaired) electrons. The van der Waals surface area contributed by atoms with Crippen LogP contribution in [-0.4, -0.2) is 64.5 Å². The summed E-state index contributed by atoms with van der Waals surface area (Å²) in [6.45, 7) is 3.23. The van der Waals surface area contributed by atoms with Crippen LogP contribution < -0.4 is 5.32 Å². The molecule has 3 rings (SSSR count). The number of hydrogen-bond acceptors (Lipinski definition) is 7. The van der Waals surface area contributed by atoms with E-state index < -0.39 is 39.7 Å². The van der Waals surface area contributed by atoms with Crippen LogP contribution in [0.2, 0.25) is 0 Å². The molecular formula is C22H27N3O7S. The van der Waals surface area contributed by atoms with Crippen molar-refractivity contribution in [3.8, 4) is 16.9 Å². The summed E-state index contributed by atoms with van der Waals surface area (Å²) < 4.78 is 27.0. The van der Waals surface area contributed by atoms with Gasteiger partial charge in [0.15, 0.2) is 5.69 Å². The Morgan fingerprint density at radius 2 is 1.85 bits per heavy atom. The summed E-state index contributed by atoms with van der Waals surface area (Å²) in [5, 5.41) is 31.8. The molecule has 1 aliphatic rings. The Morgan fingerprint density at radius 1 is 1.18 bits per heavy atom. The number of carbonyl (C=O) groups excluding carboxylic acids is 1. The van der Waals surface area contributed by atoms with Gasteiger partial charge in [-0.15, -0.1) is 0 Å². The fourth-order valence-electron chi connectivity index (χ4n) is 3.46. The van der Waals surface area contributed by atoms with Crippen molar-refractivity contribution in [2.75, 3.05) is 19.6 Å². The molecule has 1 amide bonds. The third kappa shape index (κ3) is 5.15. The smallest absolute Gasteiger partial charge is 0.310 e. The number of sulfonamides is 1. The molecule has 0 saturated carbocycles. The molecule has 33 heavy (non-hydrogen) atoms. The lowest BCUT2D eigenvalue weighted by Crippen LogP contribution is -2.39. The Bertz CT molecular complexity index is 1170. The van der Waals surface area contributed by atoms with Crippen LogP contribution in [0, 0.1) is 5.41 Å². The number of carbonyl (C=O) groups is 2. The van der Waals surface area contributed by atoms with Crippen molar-refractivity contribution in [2.24, 2.45) is 5.41 Å². The van der Waals surface area contributed by atoms with Crippen LogP contribution >= 0.6 is 0 Å². The molecule has 11 heteroatoms. The Morgan fingerprint density at radius 3 is 2.42 bits per heavy atom. The zero-order valence-electron chi connectivity index (χ0n) is 18.4. The highest BCUT2D eigenvalue weighted by atomic mass is 32.2. The van der Waals surface area contributed by atoms with E-state index >= 15 is 0 Å². The van der Waals surface area contributed by atoms with Crippen LogP contribution in [0.4, 0.5) is 0 Å². The summed E-state index contributed by atoms with van der Waals surface area (Å²) in [6, 6.07) is 5.65. The minimum Gasteiger partial charge on any atom is -0.505 e. The Balaban J connectivity index is 1.86. The first-order valence-corrected chi connectivity index (χ1v) is 11.9. The number of rotatable bonds is 8. The standard InChI is InChI=1S/C22H27N3O7S/c1-22(2,21(29)30)13-24-20(28)19-18(27)10-14(11-23-19)17-6-5-16(9-15(17)12-26)33(31,32)25-7-3-4-8-25/h5-6,9-11,26-27H,3-4,7-8,12-13H2,1-2H3,(H,24,28)(H,29,30). The highest BCUT2D eigenvalue weighted by Gasteiger charge is 2.29. The van der Waals surface area contributed by atoms with Gasteiger partial charge in [0.1, 0.15) is 5.75 Å². The number of carboxylic acids is 1. The molecule has 2 aromatic rings. The Labute approximate surface area is 191 Å². The number of aliphatic hydroxyl groups is 1. The average Bonchev–Trinajstić information content (AvgIpc) is 3.33. The zero-order valence-corrected chi connectivity index (χ0v) is 19.2. The first kappa shape index (κ1) is 24.6. The predicted octanol–water partition coefficient (Wildman–Crippen LogP) is 1.57. The van der Waals surface area contributed by atoms with Gasteiger partial charge in [0.05, 0.1) is 16.9 Å². The molecule has 1 aromatic heterocycles. The Hall–Kier alpha value is -3.02. The van der Waals surface area contributed by atoms with E-state index in [1.165, 1.54) is 48.6 Å². The van der Waals surface area contributed by atoms with Crippen molar-refractivity contribution in [2.45, 2.75) is 38.2 Å². The lowest BCUT2D eigenvalue weighted by atomic mass is 9.94. The SMILES string of the molecule is CC(C)(CNC(=O)c1ncc(-c2ccc(S(=O)(=O)N3CCCC3)cc2CO)cc1O)C(=O)O. The molecule has 1 saturated heterocycles. The van der Waals surface area contributed by atoms with Crippen molar-refractivity contribution in [3.05, 3.63) is 41.7 Å². The van der Waals surface area contributed by atoms with Gasteiger partial charge in [-0.25, -0.2) is 13.4 Å². The van der Waals surface area contributed by atoms with Gasteiger partial charge < -0.3 is 20.6 Å². The molecule has 0 spiro atoms. The maximum atomic E-state index is 12.8. The summed E-state index contributed by atoms with van der Waals surface area (Å²) >= 11 is 0. The van der Waals surface area contributed by atoms with E-state index in [-0.39, 0.29) is 17.1 Å². The largest absolute Gasteiger partial charge is 0.505 e. The van der Waals surface area contributed by atoms with E-state index in [2.05, 4.69) is 10.3 Å². The van der Waals surface area contributed by atoms with E-state index in [4.69, 9.17) is 5.11 Å². The number of aliphatic hydroxyl groups excluding tert-OH is 1. The minimum absolute atomic E-state index is 0.0754. The van der Waals surface area contributed by atoms with Crippen LogP contribution in [0.5, 0.6) is 5.75 Å². The van der Waals surface area contributed by atoms with Crippen molar-refractivity contribution in [1.29, 1.82) is 0 Å². The quantitative estimate of drug-likeness (QED) is 0.446. The predicted molar refractivity (Wildman–Crippen MR) is 119 cm³/mol. The Kier molecular flexibility index (Phi) is 7.06. The average molecular weight is 478 g/mol. The molecule has 0 aliphatic carbocycles. The third-order valence-electron chi connectivity index (χ3n) is 5.61. The molecule has 178 valence electrons. The van der Waals surface area contributed by atoms with Gasteiger partial charge in [-0.1, -0.05) is 6.07 Å². The van der Waals surface area contributed by atoms with Crippen molar-refractivity contribution < 1.29 is 33.3 Å². The molecular weight excluding hydrogens is 450 g/mol. The third-order valence-corrected chi connectivity index (χ3v) is 7.51. The molecule has 10 nitrogen and oxygen atoms in total. The molecule has 4 N–H and O–H groups in total. The number of nitrogens with one attached hydrogen (secondary N) is 1. The fourth-order valence-corrected chi connectivity index (χ4v) is 5.02. The van der Waals surface area contributed by atoms with E-state index in [1.807, 2.05) is 0 Å². The van der Waals surface area contributed by atoms with Gasteiger partial charge >= 0.3 is 5.97 Å². The summed E-state index contributed by atoms with van der Waals surface area (Å²) in [7, 11) is -3.66. The van der Waals surface area contributed by atoms with Gasteiger partial charge in [0.2, 0.25) is 10.0 Å². The van der Waals surface area contributed by atoms with Crippen molar-refractivity contribution in [1.82, 2.24) is 14.6 Å². The molecule has 1 aliphatic heterocycles. The maximum Gasteiger partial charge on any atom is 0.310 e. The van der Waals surface area contributed by atoms with Gasteiger partial charge in [0, 0.05) is 31.4 Å². The van der Waals surface area contributed by atoms with Crippen LogP contribution in [0.1, 0.15) is 42.7 Å². The number of hydrogen-bond donors (Lipinski definition) is 4. The van der Waals surface area contributed by atoms with E-state index in [9.17, 15) is 28.2 Å². The van der Waals surface area contributed by atoms with E-state index in [0.29, 0.717) is 29.8 Å². The lowest BCUT2D eigenvalue weighted by molar-refractivity contribution is -0.146. The summed E-state index contributed by atoms with van der Waals surface area (Å²) in [5.41, 5.74) is -0.308. The van der Waals surface area contributed by atoms with E-state index in [1.54, 1.807) is 0 Å². The highest BCUT2D eigenvalue weighted by Crippen LogP contribution is 2.31. The number of amides is 1. The second-order valence-electron chi connectivity index (χ2n) is 8.55. The number of benzene rings is 1. The van der Waals surface area contributed by atoms with Gasteiger partial charge in [-0.3, -0.25) is 9.59 Å².